The van der Waals surface area contributed by atoms with Gasteiger partial charge in [-0.2, -0.15) is 5.26 Å². The molecule has 2 aliphatic rings. The number of carbonyl (C=O) groups is 1. The van der Waals surface area contributed by atoms with Crippen LogP contribution < -0.4 is 5.73 Å². The molecule has 1 aliphatic carbocycles. The largest absolute Gasteiger partial charge is 0.444 e. The van der Waals surface area contributed by atoms with Crippen LogP contribution in [0.2, 0.25) is 0 Å². The number of nitrogens with zero attached hydrogens (tertiary/aromatic N) is 2. The van der Waals surface area contributed by atoms with E-state index < -0.39 is 5.92 Å². The van der Waals surface area contributed by atoms with E-state index in [1.807, 2.05) is 13.8 Å². The van der Waals surface area contributed by atoms with E-state index in [1.54, 1.807) is 6.20 Å². The zero-order valence-electron chi connectivity index (χ0n) is 11.9. The number of rotatable bonds is 1. The van der Waals surface area contributed by atoms with Crippen LogP contribution in [0.1, 0.15) is 38.3 Å². The predicted molar refractivity (Wildman–Crippen MR) is 74.3 cm³/mol. The van der Waals surface area contributed by atoms with Crippen molar-refractivity contribution in [1.29, 1.82) is 5.26 Å². The van der Waals surface area contributed by atoms with Crippen molar-refractivity contribution < 1.29 is 9.53 Å². The van der Waals surface area contributed by atoms with Crippen LogP contribution in [0.4, 0.5) is 0 Å². The Morgan fingerprint density at radius 1 is 1.52 bits per heavy atom. The monoisotopic (exact) mass is 284 g/mol. The number of carbonyl (C=O) groups excluding carboxylic acids is 1. The van der Waals surface area contributed by atoms with Gasteiger partial charge in [0.15, 0.2) is 5.78 Å². The maximum Gasteiger partial charge on any atom is 0.205 e. The second kappa shape index (κ2) is 4.48. The molecule has 0 amide bonds. The highest BCUT2D eigenvalue weighted by atomic mass is 16.5. The molecule has 0 bridgehead atoms. The Bertz CT molecular complexity index is 705. The summed E-state index contributed by atoms with van der Waals surface area (Å²) < 4.78 is 5.59. The molecule has 108 valence electrons. The number of imidazole rings is 1. The number of H-pyrrole nitrogens is 1. The first-order valence-electron chi connectivity index (χ1n) is 6.75. The molecule has 6 nitrogen and oxygen atoms in total. The van der Waals surface area contributed by atoms with E-state index in [2.05, 4.69) is 16.0 Å². The predicted octanol–water partition coefficient (Wildman–Crippen LogP) is 1.86. The Labute approximate surface area is 122 Å². The van der Waals surface area contributed by atoms with Gasteiger partial charge in [0.2, 0.25) is 5.88 Å². The topological polar surface area (TPSA) is 105 Å². The van der Waals surface area contributed by atoms with E-state index in [-0.39, 0.29) is 22.7 Å². The number of aromatic nitrogens is 2. The number of aromatic amines is 1. The summed E-state index contributed by atoms with van der Waals surface area (Å²) in [4.78, 5) is 19.5. The molecular formula is C15H16N4O2. The van der Waals surface area contributed by atoms with Gasteiger partial charge in [0.25, 0.3) is 0 Å². The number of nitriles is 1. The van der Waals surface area contributed by atoms with Crippen LogP contribution in [0.5, 0.6) is 0 Å². The highest BCUT2D eigenvalue weighted by Gasteiger charge is 2.43. The van der Waals surface area contributed by atoms with Crippen LogP contribution in [0.25, 0.3) is 0 Å². The molecule has 0 aromatic carbocycles. The van der Waals surface area contributed by atoms with Gasteiger partial charge in [-0.05, 0) is 5.41 Å². The van der Waals surface area contributed by atoms with Gasteiger partial charge in [-0.1, -0.05) is 13.8 Å². The molecule has 1 aliphatic heterocycles. The van der Waals surface area contributed by atoms with Gasteiger partial charge in [0.05, 0.1) is 12.2 Å². The van der Waals surface area contributed by atoms with Gasteiger partial charge in [-0.25, -0.2) is 4.98 Å². The van der Waals surface area contributed by atoms with E-state index in [4.69, 9.17) is 10.5 Å². The molecule has 1 unspecified atom stereocenters. The second-order valence-corrected chi connectivity index (χ2v) is 6.21. The second-order valence-electron chi connectivity index (χ2n) is 6.21. The van der Waals surface area contributed by atoms with E-state index >= 15 is 0 Å². The summed E-state index contributed by atoms with van der Waals surface area (Å²) >= 11 is 0. The summed E-state index contributed by atoms with van der Waals surface area (Å²) in [6, 6.07) is 2.06. The fourth-order valence-electron chi connectivity index (χ4n) is 3.02. The number of allylic oxidation sites excluding steroid dienone is 3. The van der Waals surface area contributed by atoms with Crippen molar-refractivity contribution in [1.82, 2.24) is 9.97 Å². The van der Waals surface area contributed by atoms with E-state index in [1.165, 1.54) is 6.33 Å². The molecule has 6 heteroatoms. The molecule has 0 spiro atoms. The third kappa shape index (κ3) is 2.11. The van der Waals surface area contributed by atoms with Crippen molar-refractivity contribution in [2.24, 2.45) is 11.1 Å². The minimum absolute atomic E-state index is 0.00102. The van der Waals surface area contributed by atoms with Gasteiger partial charge < -0.3 is 15.5 Å². The molecule has 21 heavy (non-hydrogen) atoms. The fourth-order valence-corrected chi connectivity index (χ4v) is 3.02. The first-order chi connectivity index (χ1) is 9.93. The maximum absolute atomic E-state index is 12.6. The van der Waals surface area contributed by atoms with Crippen LogP contribution in [0.3, 0.4) is 0 Å². The number of hydrogen-bond acceptors (Lipinski definition) is 5. The van der Waals surface area contributed by atoms with Gasteiger partial charge in [-0.3, -0.25) is 4.79 Å². The molecule has 3 rings (SSSR count). The molecule has 1 aromatic heterocycles. The Morgan fingerprint density at radius 3 is 2.90 bits per heavy atom. The number of nitrogens with one attached hydrogen (secondary N) is 1. The summed E-state index contributed by atoms with van der Waals surface area (Å²) in [6.07, 6.45) is 4.18. The van der Waals surface area contributed by atoms with Gasteiger partial charge in [-0.15, -0.1) is 0 Å². The quantitative estimate of drug-likeness (QED) is 0.819. The molecule has 1 aromatic rings. The van der Waals surface area contributed by atoms with Crippen molar-refractivity contribution in [2.75, 3.05) is 0 Å². The third-order valence-corrected chi connectivity index (χ3v) is 3.91. The highest BCUT2D eigenvalue weighted by Crippen LogP contribution is 2.47. The average Bonchev–Trinajstić information content (AvgIpc) is 2.88. The lowest BCUT2D eigenvalue weighted by atomic mass is 9.71. The van der Waals surface area contributed by atoms with Gasteiger partial charge >= 0.3 is 0 Å². The Kier molecular flexibility index (Phi) is 2.87. The zero-order chi connectivity index (χ0) is 15.2. The van der Waals surface area contributed by atoms with E-state index in [0.29, 0.717) is 29.9 Å². The minimum Gasteiger partial charge on any atom is -0.444 e. The minimum atomic E-state index is -0.509. The molecular weight excluding hydrogens is 268 g/mol. The number of ketones is 1. The Morgan fingerprint density at radius 2 is 2.29 bits per heavy atom. The average molecular weight is 284 g/mol. The molecule has 1 atom stereocenters. The van der Waals surface area contributed by atoms with Crippen molar-refractivity contribution in [3.63, 3.8) is 0 Å². The van der Waals surface area contributed by atoms with Gasteiger partial charge in [0.1, 0.15) is 17.4 Å². The van der Waals surface area contributed by atoms with Crippen LogP contribution >= 0.6 is 0 Å². The van der Waals surface area contributed by atoms with Crippen LogP contribution in [0, 0.1) is 16.7 Å². The molecule has 3 N–H and O–H groups in total. The SMILES string of the molecule is CC1(C)CC(=O)C2=C(C1)OC(N)=C(C#N)C2c1cnc[nH]1. The van der Waals surface area contributed by atoms with Gasteiger partial charge in [0, 0.05) is 30.3 Å². The Balaban J connectivity index is 2.17. The van der Waals surface area contributed by atoms with Crippen molar-refractivity contribution in [3.05, 3.63) is 41.0 Å². The molecule has 2 heterocycles. The van der Waals surface area contributed by atoms with Crippen molar-refractivity contribution in [2.45, 2.75) is 32.6 Å². The molecule has 0 saturated carbocycles. The lowest BCUT2D eigenvalue weighted by molar-refractivity contribution is -0.119. The molecule has 0 saturated heterocycles. The number of nitrogens with two attached hydrogens (primary N) is 1. The van der Waals surface area contributed by atoms with Crippen molar-refractivity contribution in [3.8, 4) is 6.07 Å². The smallest absolute Gasteiger partial charge is 0.205 e. The first kappa shape index (κ1) is 13.4. The summed E-state index contributed by atoms with van der Waals surface area (Å²) in [5, 5.41) is 9.37. The van der Waals surface area contributed by atoms with E-state index in [0.717, 1.165) is 0 Å². The van der Waals surface area contributed by atoms with Crippen LogP contribution in [0.15, 0.2) is 35.3 Å². The first-order valence-corrected chi connectivity index (χ1v) is 6.75. The lowest BCUT2D eigenvalue weighted by Crippen LogP contribution is -2.33. The normalized spacial score (nSPS) is 24.4. The molecule has 0 radical (unpaired) electrons. The van der Waals surface area contributed by atoms with Crippen molar-refractivity contribution >= 4 is 5.78 Å². The maximum atomic E-state index is 12.6. The number of hydrogen-bond donors (Lipinski definition) is 2. The number of Topliss-reactive ketones (excluding diaryl/α,β-unsaturated/α-hetero) is 1. The molecule has 0 fully saturated rings. The highest BCUT2D eigenvalue weighted by molar-refractivity contribution is 5.99. The lowest BCUT2D eigenvalue weighted by Gasteiger charge is -2.36. The summed E-state index contributed by atoms with van der Waals surface area (Å²) in [5.41, 5.74) is 7.18. The van der Waals surface area contributed by atoms with Crippen LogP contribution in [-0.2, 0) is 9.53 Å². The van der Waals surface area contributed by atoms with Crippen LogP contribution in [-0.4, -0.2) is 15.8 Å². The third-order valence-electron chi connectivity index (χ3n) is 3.91. The zero-order valence-corrected chi connectivity index (χ0v) is 11.9. The number of ether oxygens (including phenoxy) is 1. The Hall–Kier alpha value is -2.55. The standard InChI is InChI=1S/C15H16N4O2/c1-15(2)3-10(20)13-11(4-15)21-14(17)8(5-16)12(13)9-6-18-7-19-9/h6-7,12H,3-4,17H2,1-2H3,(H,18,19). The summed E-state index contributed by atoms with van der Waals surface area (Å²) in [6.45, 7) is 4.03. The fraction of sp³-hybridized carbons (Fsp3) is 0.400. The van der Waals surface area contributed by atoms with E-state index in [9.17, 15) is 10.1 Å². The summed E-state index contributed by atoms with van der Waals surface area (Å²) in [7, 11) is 0. The summed E-state index contributed by atoms with van der Waals surface area (Å²) in [5.74, 6) is 0.139.